The Labute approximate surface area is 123 Å². The molecule has 0 spiro atoms. The Morgan fingerprint density at radius 2 is 2.19 bits per heavy atom. The van der Waals surface area contributed by atoms with Gasteiger partial charge in [-0.25, -0.2) is 0 Å². The molecule has 2 heterocycles. The van der Waals surface area contributed by atoms with Gasteiger partial charge >= 0.3 is 5.97 Å². The lowest BCUT2D eigenvalue weighted by Gasteiger charge is -2.33. The number of nitrogens with zero attached hydrogens (tertiary/aromatic N) is 1. The van der Waals surface area contributed by atoms with E-state index in [1.165, 1.54) is 6.20 Å². The number of rotatable bonds is 4. The Bertz CT molecular complexity index is 656. The number of carboxylic acids is 1. The summed E-state index contributed by atoms with van der Waals surface area (Å²) in [5.74, 6) is -1.31. The Balaban J connectivity index is 2.60. The van der Waals surface area contributed by atoms with E-state index in [1.807, 2.05) is 0 Å². The van der Waals surface area contributed by atoms with Crippen LogP contribution in [-0.2, 0) is 15.3 Å². The summed E-state index contributed by atoms with van der Waals surface area (Å²) < 4.78 is 6.27. The highest BCUT2D eigenvalue weighted by molar-refractivity contribution is 7.71. The summed E-state index contributed by atoms with van der Waals surface area (Å²) >= 11 is 4.95. The lowest BCUT2D eigenvalue weighted by Crippen LogP contribution is -2.48. The van der Waals surface area contributed by atoms with Gasteiger partial charge in [0, 0.05) is 12.3 Å². The van der Waals surface area contributed by atoms with E-state index >= 15 is 0 Å². The van der Waals surface area contributed by atoms with E-state index in [2.05, 4.69) is 4.98 Å². The first kappa shape index (κ1) is 15.8. The summed E-state index contributed by atoms with van der Waals surface area (Å²) in [6.07, 6.45) is -3.87. The monoisotopic (exact) mass is 318 g/mol. The van der Waals surface area contributed by atoms with Gasteiger partial charge < -0.3 is 25.2 Å². The van der Waals surface area contributed by atoms with E-state index in [9.17, 15) is 19.8 Å². The van der Waals surface area contributed by atoms with Crippen molar-refractivity contribution < 1.29 is 30.0 Å². The molecule has 1 aliphatic rings. The highest BCUT2D eigenvalue weighted by Gasteiger charge is 2.56. The molecule has 1 saturated heterocycles. The molecular weight excluding hydrogens is 304 g/mol. The molecule has 1 aromatic rings. The largest absolute Gasteiger partial charge is 0.481 e. The van der Waals surface area contributed by atoms with Gasteiger partial charge in [0.15, 0.2) is 10.5 Å². The van der Waals surface area contributed by atoms with Gasteiger partial charge in [-0.3, -0.25) is 19.1 Å². The van der Waals surface area contributed by atoms with Crippen molar-refractivity contribution in [2.75, 3.05) is 6.61 Å². The van der Waals surface area contributed by atoms with Crippen molar-refractivity contribution in [3.63, 3.8) is 0 Å². The van der Waals surface area contributed by atoms with Crippen LogP contribution in [0.5, 0.6) is 0 Å². The van der Waals surface area contributed by atoms with Crippen LogP contribution in [0.4, 0.5) is 0 Å². The SMILES string of the molecule is O=C(O)C[C@@]1(n2ccc(=O)[nH]c2=S)O[C@H](CO)[C@@H](O)[C@H]1O. The molecule has 1 aromatic heterocycles. The Morgan fingerprint density at radius 3 is 2.67 bits per heavy atom. The van der Waals surface area contributed by atoms with Crippen LogP contribution < -0.4 is 5.56 Å². The van der Waals surface area contributed by atoms with Crippen LogP contribution in [0, 0.1) is 4.77 Å². The van der Waals surface area contributed by atoms with Gasteiger partial charge in [-0.2, -0.15) is 0 Å². The maximum absolute atomic E-state index is 11.2. The van der Waals surface area contributed by atoms with E-state index in [4.69, 9.17) is 27.2 Å². The summed E-state index contributed by atoms with van der Waals surface area (Å²) in [6, 6.07) is 1.08. The number of hydrogen-bond donors (Lipinski definition) is 5. The first-order valence-corrected chi connectivity index (χ1v) is 6.41. The average Bonchev–Trinajstić information content (AvgIpc) is 2.63. The number of H-pyrrole nitrogens is 1. The van der Waals surface area contributed by atoms with Crippen LogP contribution in [0.25, 0.3) is 0 Å². The molecule has 0 radical (unpaired) electrons. The van der Waals surface area contributed by atoms with E-state index < -0.39 is 48.6 Å². The first-order valence-electron chi connectivity index (χ1n) is 6.01. The van der Waals surface area contributed by atoms with Gasteiger partial charge in [-0.1, -0.05) is 0 Å². The summed E-state index contributed by atoms with van der Waals surface area (Å²) in [6.45, 7) is -0.615. The summed E-state index contributed by atoms with van der Waals surface area (Å²) in [4.78, 5) is 24.6. The molecular formula is C11H14N2O7S. The van der Waals surface area contributed by atoms with E-state index in [-0.39, 0.29) is 4.77 Å². The zero-order valence-electron chi connectivity index (χ0n) is 10.7. The standard InChI is InChI=1S/C11H14N2O7S/c14-4-5-8(18)9(19)11(20-5,3-7(16)17)13-2-1-6(15)12-10(13)21/h1-2,5,8-9,14,18-19H,3-4H2,(H,16,17)(H,12,15,21)/t5-,8-,9-,11-/m1/s1. The summed E-state index contributed by atoms with van der Waals surface area (Å²) in [5, 5.41) is 38.3. The van der Waals surface area contributed by atoms with Gasteiger partial charge in [0.25, 0.3) is 5.56 Å². The zero-order chi connectivity index (χ0) is 15.8. The van der Waals surface area contributed by atoms with Crippen LogP contribution in [0.2, 0.25) is 0 Å². The van der Waals surface area contributed by atoms with Crippen LogP contribution in [0.15, 0.2) is 17.1 Å². The third-order valence-corrected chi connectivity index (χ3v) is 3.64. The Morgan fingerprint density at radius 1 is 1.52 bits per heavy atom. The highest BCUT2D eigenvalue weighted by atomic mass is 32.1. The number of hydrogen-bond acceptors (Lipinski definition) is 7. The quantitative estimate of drug-likeness (QED) is 0.407. The number of ether oxygens (including phenoxy) is 1. The number of carbonyl (C=O) groups is 1. The van der Waals surface area contributed by atoms with Gasteiger partial charge in [-0.15, -0.1) is 0 Å². The Kier molecular flexibility index (Phi) is 4.25. The molecule has 4 atom stereocenters. The number of aromatic amines is 1. The Hall–Kier alpha value is -1.59. The molecule has 1 fully saturated rings. The topological polar surface area (TPSA) is 145 Å². The average molecular weight is 318 g/mol. The number of aliphatic carboxylic acids is 1. The van der Waals surface area contributed by atoms with Gasteiger partial charge in [0.1, 0.15) is 18.3 Å². The number of carboxylic acid groups (broad SMARTS) is 1. The molecule has 116 valence electrons. The fourth-order valence-corrected chi connectivity index (χ4v) is 2.70. The van der Waals surface area contributed by atoms with Crippen molar-refractivity contribution in [2.45, 2.75) is 30.5 Å². The minimum atomic E-state index is -1.92. The second-order valence-electron chi connectivity index (χ2n) is 4.67. The van der Waals surface area contributed by atoms with Crippen molar-refractivity contribution in [3.8, 4) is 0 Å². The number of aromatic nitrogens is 2. The lowest BCUT2D eigenvalue weighted by molar-refractivity contribution is -0.173. The molecule has 5 N–H and O–H groups in total. The highest BCUT2D eigenvalue weighted by Crippen LogP contribution is 2.38. The molecule has 2 rings (SSSR count). The maximum Gasteiger partial charge on any atom is 0.308 e. The van der Waals surface area contributed by atoms with E-state index in [1.54, 1.807) is 0 Å². The minimum absolute atomic E-state index is 0.173. The predicted octanol–water partition coefficient (Wildman–Crippen LogP) is -1.85. The predicted molar refractivity (Wildman–Crippen MR) is 70.1 cm³/mol. The molecule has 0 bridgehead atoms. The molecule has 0 saturated carbocycles. The van der Waals surface area contributed by atoms with Crippen molar-refractivity contribution in [1.29, 1.82) is 0 Å². The number of aliphatic hydroxyl groups is 3. The summed E-state index contributed by atoms with van der Waals surface area (Å²) in [5.41, 5.74) is -2.42. The molecule has 0 unspecified atom stereocenters. The van der Waals surface area contributed by atoms with E-state index in [0.29, 0.717) is 0 Å². The van der Waals surface area contributed by atoms with Crippen LogP contribution >= 0.6 is 12.2 Å². The molecule has 1 aliphatic heterocycles. The van der Waals surface area contributed by atoms with Crippen molar-refractivity contribution in [2.24, 2.45) is 0 Å². The maximum atomic E-state index is 11.2. The third-order valence-electron chi connectivity index (χ3n) is 3.34. The molecule has 0 aromatic carbocycles. The second-order valence-corrected chi connectivity index (χ2v) is 5.06. The zero-order valence-corrected chi connectivity index (χ0v) is 11.5. The van der Waals surface area contributed by atoms with Gasteiger partial charge in [0.05, 0.1) is 13.0 Å². The lowest BCUT2D eigenvalue weighted by atomic mass is 9.99. The summed E-state index contributed by atoms with van der Waals surface area (Å²) in [7, 11) is 0. The molecule has 21 heavy (non-hydrogen) atoms. The van der Waals surface area contributed by atoms with Gasteiger partial charge in [0.2, 0.25) is 0 Å². The molecule has 0 amide bonds. The van der Waals surface area contributed by atoms with Crippen LogP contribution in [0.3, 0.4) is 0 Å². The molecule has 0 aliphatic carbocycles. The fourth-order valence-electron chi connectivity index (χ4n) is 2.38. The van der Waals surface area contributed by atoms with Crippen LogP contribution in [-0.4, -0.2) is 60.9 Å². The molecule has 9 nitrogen and oxygen atoms in total. The fraction of sp³-hybridized carbons (Fsp3) is 0.545. The molecule has 10 heteroatoms. The first-order chi connectivity index (χ1) is 9.81. The normalized spacial score (nSPS) is 32.2. The number of nitrogens with one attached hydrogen (secondary N) is 1. The minimum Gasteiger partial charge on any atom is -0.481 e. The van der Waals surface area contributed by atoms with E-state index in [0.717, 1.165) is 10.6 Å². The smallest absolute Gasteiger partial charge is 0.308 e. The van der Waals surface area contributed by atoms with Gasteiger partial charge in [-0.05, 0) is 12.2 Å². The van der Waals surface area contributed by atoms with Crippen molar-refractivity contribution in [1.82, 2.24) is 9.55 Å². The third kappa shape index (κ3) is 2.63. The van der Waals surface area contributed by atoms with Crippen molar-refractivity contribution in [3.05, 3.63) is 27.4 Å². The van der Waals surface area contributed by atoms with Crippen molar-refractivity contribution >= 4 is 18.2 Å². The second kappa shape index (κ2) is 5.66. The van der Waals surface area contributed by atoms with Crippen LogP contribution in [0.1, 0.15) is 6.42 Å². The number of aliphatic hydroxyl groups excluding tert-OH is 3.